The van der Waals surface area contributed by atoms with E-state index in [0.29, 0.717) is 0 Å². The first-order chi connectivity index (χ1) is 8.50. The minimum absolute atomic E-state index is 0.0249. The van der Waals surface area contributed by atoms with Crippen molar-refractivity contribution in [3.63, 3.8) is 0 Å². The van der Waals surface area contributed by atoms with Crippen LogP contribution in [0.1, 0.15) is 0 Å². The third-order valence-corrected chi connectivity index (χ3v) is 4.50. The Morgan fingerprint density at radius 2 is 1.84 bits per heavy atom. The molecule has 1 saturated heterocycles. The highest BCUT2D eigenvalue weighted by Gasteiger charge is 2.35. The number of nitrogens with zero attached hydrogens (tertiary/aromatic N) is 2. The van der Waals surface area contributed by atoms with Crippen molar-refractivity contribution in [2.75, 3.05) is 38.8 Å². The van der Waals surface area contributed by atoms with Crippen molar-refractivity contribution in [2.45, 2.75) is 6.04 Å². The first-order valence-corrected chi connectivity index (χ1v) is 8.96. The Morgan fingerprint density at radius 1 is 1.26 bits per heavy atom. The summed E-state index contributed by atoms with van der Waals surface area (Å²) in [5.41, 5.74) is 0. The van der Waals surface area contributed by atoms with Crippen LogP contribution in [0.5, 0.6) is 0 Å². The largest absolute Gasteiger partial charge is 0.465 e. The molecule has 0 radical (unpaired) electrons. The van der Waals surface area contributed by atoms with E-state index in [4.69, 9.17) is 5.11 Å². The first kappa shape index (κ1) is 16.1. The van der Waals surface area contributed by atoms with Gasteiger partial charge in [0.05, 0.1) is 25.2 Å². The predicted octanol–water partition coefficient (Wildman–Crippen LogP) is -1.41. The number of carboxylic acid groups (broad SMARTS) is 1. The van der Waals surface area contributed by atoms with E-state index in [1.54, 1.807) is 0 Å². The molecule has 0 spiro atoms. The normalized spacial score (nSPS) is 22.4. The summed E-state index contributed by atoms with van der Waals surface area (Å²) in [6.45, 7) is -0.520. The molecule has 1 atom stereocenters. The van der Waals surface area contributed by atoms with Crippen molar-refractivity contribution >= 4 is 26.2 Å². The van der Waals surface area contributed by atoms with E-state index in [9.17, 15) is 21.6 Å². The smallest absolute Gasteiger partial charge is 0.407 e. The highest BCUT2D eigenvalue weighted by atomic mass is 32.2. The summed E-state index contributed by atoms with van der Waals surface area (Å²) in [5.74, 6) is 0. The second-order valence-electron chi connectivity index (χ2n) is 4.24. The molecule has 0 aliphatic carbocycles. The molecule has 11 heteroatoms. The Balaban J connectivity index is 2.85. The molecule has 1 N–H and O–H groups in total. The Bertz CT molecular complexity index is 541. The molecule has 1 heterocycles. The van der Waals surface area contributed by atoms with Gasteiger partial charge >= 0.3 is 6.09 Å². The minimum atomic E-state index is -3.72. The van der Waals surface area contributed by atoms with E-state index >= 15 is 0 Å². The van der Waals surface area contributed by atoms with Gasteiger partial charge in [0.25, 0.3) is 10.1 Å². The van der Waals surface area contributed by atoms with Crippen LogP contribution in [0.4, 0.5) is 4.79 Å². The maximum absolute atomic E-state index is 11.6. The monoisotopic (exact) mass is 316 g/mol. The zero-order valence-electron chi connectivity index (χ0n) is 10.5. The van der Waals surface area contributed by atoms with Gasteiger partial charge in [-0.25, -0.2) is 13.2 Å². The van der Waals surface area contributed by atoms with Gasteiger partial charge < -0.3 is 10.0 Å². The van der Waals surface area contributed by atoms with Crippen molar-refractivity contribution < 1.29 is 30.9 Å². The van der Waals surface area contributed by atoms with Crippen LogP contribution in [0, 0.1) is 0 Å². The highest BCUT2D eigenvalue weighted by molar-refractivity contribution is 7.88. The molecule has 1 amide bonds. The molecular weight excluding hydrogens is 300 g/mol. The van der Waals surface area contributed by atoms with Gasteiger partial charge in [0.1, 0.15) is 0 Å². The first-order valence-electron chi connectivity index (χ1n) is 5.30. The third-order valence-electron chi connectivity index (χ3n) is 2.60. The van der Waals surface area contributed by atoms with Crippen LogP contribution >= 0.6 is 0 Å². The molecule has 0 bridgehead atoms. The Kier molecular flexibility index (Phi) is 4.76. The van der Waals surface area contributed by atoms with Gasteiger partial charge in [-0.1, -0.05) is 0 Å². The quantitative estimate of drug-likeness (QED) is 0.632. The predicted molar refractivity (Wildman–Crippen MR) is 65.7 cm³/mol. The molecule has 1 aliphatic rings. The second-order valence-corrected chi connectivity index (χ2v) is 7.82. The van der Waals surface area contributed by atoms with Gasteiger partial charge in [0.2, 0.25) is 10.0 Å². The van der Waals surface area contributed by atoms with Crippen LogP contribution in [0.25, 0.3) is 0 Å². The molecule has 0 unspecified atom stereocenters. The van der Waals surface area contributed by atoms with Crippen LogP contribution < -0.4 is 0 Å². The number of sulfonamides is 1. The Hall–Kier alpha value is -0.910. The minimum Gasteiger partial charge on any atom is -0.465 e. The number of carbonyl (C=O) groups is 1. The SMILES string of the molecule is CS(=O)(=O)OC[C@H]1CN(C(=O)O)CCN1S(C)(=O)=O. The zero-order valence-corrected chi connectivity index (χ0v) is 12.1. The molecule has 0 aromatic heterocycles. The molecule has 9 nitrogen and oxygen atoms in total. The summed E-state index contributed by atoms with van der Waals surface area (Å²) < 4.78 is 50.6. The highest BCUT2D eigenvalue weighted by Crippen LogP contribution is 2.14. The van der Waals surface area contributed by atoms with Gasteiger partial charge in [0.15, 0.2) is 0 Å². The molecule has 112 valence electrons. The number of rotatable bonds is 4. The maximum atomic E-state index is 11.6. The number of amides is 1. The fourth-order valence-corrected chi connectivity index (χ4v) is 3.27. The lowest BCUT2D eigenvalue weighted by atomic mass is 10.2. The van der Waals surface area contributed by atoms with Gasteiger partial charge in [-0.2, -0.15) is 12.7 Å². The maximum Gasteiger partial charge on any atom is 0.407 e. The molecule has 1 aliphatic heterocycles. The molecule has 0 aromatic rings. The summed E-state index contributed by atoms with van der Waals surface area (Å²) in [6, 6.07) is -0.852. The van der Waals surface area contributed by atoms with Crippen LogP contribution in [0.2, 0.25) is 0 Å². The molecule has 19 heavy (non-hydrogen) atoms. The average molecular weight is 316 g/mol. The van der Waals surface area contributed by atoms with Gasteiger partial charge in [-0.15, -0.1) is 0 Å². The summed E-state index contributed by atoms with van der Waals surface area (Å²) in [7, 11) is -7.27. The van der Waals surface area contributed by atoms with E-state index in [0.717, 1.165) is 21.7 Å². The molecular formula is C8H16N2O7S2. The zero-order chi connectivity index (χ0) is 14.8. The summed E-state index contributed by atoms with van der Waals surface area (Å²) in [4.78, 5) is 11.9. The summed E-state index contributed by atoms with van der Waals surface area (Å²) >= 11 is 0. The van der Waals surface area contributed by atoms with Crippen molar-refractivity contribution in [3.05, 3.63) is 0 Å². The number of hydrogen-bond acceptors (Lipinski definition) is 6. The molecule has 1 rings (SSSR count). The van der Waals surface area contributed by atoms with E-state index in [-0.39, 0.29) is 19.6 Å². The van der Waals surface area contributed by atoms with Gasteiger partial charge in [-0.3, -0.25) is 4.18 Å². The molecule has 0 saturated carbocycles. The summed E-state index contributed by atoms with van der Waals surface area (Å²) in [6.07, 6.45) is 0.643. The Morgan fingerprint density at radius 3 is 2.26 bits per heavy atom. The van der Waals surface area contributed by atoms with E-state index in [1.165, 1.54) is 0 Å². The lowest BCUT2D eigenvalue weighted by Crippen LogP contribution is -2.57. The van der Waals surface area contributed by atoms with Gasteiger partial charge in [0, 0.05) is 19.6 Å². The molecule has 0 aromatic carbocycles. The summed E-state index contributed by atoms with van der Waals surface area (Å²) in [5, 5.41) is 8.87. The van der Waals surface area contributed by atoms with E-state index < -0.39 is 38.9 Å². The van der Waals surface area contributed by atoms with Crippen molar-refractivity contribution in [3.8, 4) is 0 Å². The molecule has 1 fully saturated rings. The lowest BCUT2D eigenvalue weighted by Gasteiger charge is -2.38. The van der Waals surface area contributed by atoms with Crippen molar-refractivity contribution in [1.82, 2.24) is 9.21 Å². The average Bonchev–Trinajstić information content (AvgIpc) is 2.23. The second kappa shape index (κ2) is 5.61. The van der Waals surface area contributed by atoms with Crippen LogP contribution in [0.3, 0.4) is 0 Å². The number of piperazine rings is 1. The Labute approximate surface area is 111 Å². The third kappa shape index (κ3) is 4.93. The van der Waals surface area contributed by atoms with Crippen LogP contribution in [-0.4, -0.2) is 82.0 Å². The van der Waals surface area contributed by atoms with Crippen molar-refractivity contribution in [2.24, 2.45) is 0 Å². The van der Waals surface area contributed by atoms with Crippen LogP contribution in [-0.2, 0) is 24.3 Å². The lowest BCUT2D eigenvalue weighted by molar-refractivity contribution is 0.0884. The number of hydrogen-bond donors (Lipinski definition) is 1. The standard InChI is InChI=1S/C8H16N2O7S2/c1-18(13,14)10-4-3-9(8(11)12)5-7(10)6-17-19(2,15)16/h7H,3-6H2,1-2H3,(H,11,12)/t7-/m1/s1. The topological polar surface area (TPSA) is 121 Å². The van der Waals surface area contributed by atoms with Crippen molar-refractivity contribution in [1.29, 1.82) is 0 Å². The fourth-order valence-electron chi connectivity index (χ4n) is 1.79. The van der Waals surface area contributed by atoms with Gasteiger partial charge in [-0.05, 0) is 0 Å². The van der Waals surface area contributed by atoms with E-state index in [2.05, 4.69) is 4.18 Å². The fraction of sp³-hybridized carbons (Fsp3) is 0.875. The van der Waals surface area contributed by atoms with E-state index in [1.807, 2.05) is 0 Å². The van der Waals surface area contributed by atoms with Crippen LogP contribution in [0.15, 0.2) is 0 Å².